The molecule has 158 valence electrons. The van der Waals surface area contributed by atoms with Crippen molar-refractivity contribution in [1.29, 1.82) is 0 Å². The van der Waals surface area contributed by atoms with Crippen molar-refractivity contribution in [1.82, 2.24) is 20.0 Å². The molecule has 5 nitrogen and oxygen atoms in total. The van der Waals surface area contributed by atoms with Gasteiger partial charge in [-0.1, -0.05) is 49.6 Å². The fourth-order valence-electron chi connectivity index (χ4n) is 4.95. The summed E-state index contributed by atoms with van der Waals surface area (Å²) in [5.41, 5.74) is 2.37. The van der Waals surface area contributed by atoms with Crippen molar-refractivity contribution in [2.24, 2.45) is 0 Å². The van der Waals surface area contributed by atoms with E-state index in [1.165, 1.54) is 42.5 Å². The van der Waals surface area contributed by atoms with Gasteiger partial charge in [0.15, 0.2) is 0 Å². The van der Waals surface area contributed by atoms with Crippen molar-refractivity contribution in [2.75, 3.05) is 13.1 Å². The molecular weight excluding hydrogens is 392 g/mol. The fraction of sp³-hybridized carbons (Fsp3) is 0.500. The van der Waals surface area contributed by atoms with Crippen LogP contribution in [0.3, 0.4) is 0 Å². The number of hydrogen-bond donors (Lipinski definition) is 1. The van der Waals surface area contributed by atoms with E-state index in [1.807, 2.05) is 6.07 Å². The van der Waals surface area contributed by atoms with Gasteiger partial charge in [-0.3, -0.25) is 14.4 Å². The number of nitrogens with one attached hydrogen (secondary N) is 1. The zero-order chi connectivity index (χ0) is 20.5. The standard InChI is InChI=1S/C24H30N4OS/c1-17-21-14-22(30-24(21)28(26-17)20-10-6-3-7-11-20)23(29)25-19-12-13-27(16-19)15-18-8-4-2-5-9-18/h2,4-5,8-9,14,19-20H,3,6-7,10-13,15-16H2,1H3,(H,25,29)/t19-/m1/s1. The molecular formula is C24H30N4OS. The van der Waals surface area contributed by atoms with Crippen molar-refractivity contribution >= 4 is 27.5 Å². The van der Waals surface area contributed by atoms with Gasteiger partial charge in [-0.15, -0.1) is 11.3 Å². The summed E-state index contributed by atoms with van der Waals surface area (Å²) in [7, 11) is 0. The Labute approximate surface area is 182 Å². The first kappa shape index (κ1) is 19.8. The monoisotopic (exact) mass is 422 g/mol. The number of carbonyl (C=O) groups is 1. The van der Waals surface area contributed by atoms with E-state index in [2.05, 4.69) is 52.2 Å². The highest BCUT2D eigenvalue weighted by Crippen LogP contribution is 2.35. The van der Waals surface area contributed by atoms with Gasteiger partial charge >= 0.3 is 0 Å². The molecule has 1 atom stereocenters. The van der Waals surface area contributed by atoms with Crippen LogP contribution in [-0.2, 0) is 6.54 Å². The highest BCUT2D eigenvalue weighted by Gasteiger charge is 2.26. The van der Waals surface area contributed by atoms with Gasteiger partial charge in [0.25, 0.3) is 5.91 Å². The SMILES string of the molecule is Cc1nn(C2CCCCC2)c2sc(C(=O)N[C@@H]3CCN(Cc4ccccc4)C3)cc12. The molecule has 1 aliphatic carbocycles. The summed E-state index contributed by atoms with van der Waals surface area (Å²) in [4.78, 5) is 17.4. The molecule has 1 aromatic carbocycles. The van der Waals surface area contributed by atoms with Crippen molar-refractivity contribution in [2.45, 2.75) is 64.1 Å². The van der Waals surface area contributed by atoms with Crippen LogP contribution in [0.1, 0.15) is 65.5 Å². The normalized spacial score (nSPS) is 20.8. The zero-order valence-electron chi connectivity index (χ0n) is 17.6. The molecule has 3 heterocycles. The largest absolute Gasteiger partial charge is 0.347 e. The summed E-state index contributed by atoms with van der Waals surface area (Å²) >= 11 is 1.61. The molecule has 5 rings (SSSR count). The van der Waals surface area contributed by atoms with Crippen LogP contribution in [0.5, 0.6) is 0 Å². The number of likely N-dealkylation sites (tertiary alicyclic amines) is 1. The topological polar surface area (TPSA) is 50.2 Å². The Kier molecular flexibility index (Phi) is 5.61. The number of thiophene rings is 1. The van der Waals surface area contributed by atoms with E-state index < -0.39 is 0 Å². The predicted molar refractivity (Wildman–Crippen MR) is 122 cm³/mol. The second kappa shape index (κ2) is 8.52. The number of benzene rings is 1. The molecule has 2 fully saturated rings. The first-order valence-corrected chi connectivity index (χ1v) is 12.0. The lowest BCUT2D eigenvalue weighted by Gasteiger charge is -2.22. The molecule has 0 spiro atoms. The quantitative estimate of drug-likeness (QED) is 0.635. The van der Waals surface area contributed by atoms with Gasteiger partial charge in [-0.25, -0.2) is 0 Å². The predicted octanol–water partition coefficient (Wildman–Crippen LogP) is 4.92. The minimum Gasteiger partial charge on any atom is -0.347 e. The molecule has 30 heavy (non-hydrogen) atoms. The number of amides is 1. The van der Waals surface area contributed by atoms with Crippen molar-refractivity contribution < 1.29 is 4.79 Å². The molecule has 1 saturated carbocycles. The van der Waals surface area contributed by atoms with Gasteiger partial charge in [-0.2, -0.15) is 5.10 Å². The summed E-state index contributed by atoms with van der Waals surface area (Å²) in [5.74, 6) is 0.0670. The third-order valence-corrected chi connectivity index (χ3v) is 7.69. The van der Waals surface area contributed by atoms with E-state index in [0.717, 1.165) is 42.0 Å². The van der Waals surface area contributed by atoms with Crippen LogP contribution >= 0.6 is 11.3 Å². The fourth-order valence-corrected chi connectivity index (χ4v) is 6.09. The smallest absolute Gasteiger partial charge is 0.261 e. The van der Waals surface area contributed by atoms with Crippen LogP contribution < -0.4 is 5.32 Å². The second-order valence-corrected chi connectivity index (χ2v) is 9.86. The van der Waals surface area contributed by atoms with E-state index in [4.69, 9.17) is 5.10 Å². The molecule has 0 unspecified atom stereocenters. The van der Waals surface area contributed by atoms with Crippen molar-refractivity contribution in [3.63, 3.8) is 0 Å². The third-order valence-electron chi connectivity index (χ3n) is 6.57. The average Bonchev–Trinajstić information content (AvgIpc) is 3.47. The molecule has 1 aliphatic heterocycles. The Balaban J connectivity index is 1.25. The molecule has 1 amide bonds. The van der Waals surface area contributed by atoms with Gasteiger partial charge in [0.2, 0.25) is 0 Å². The lowest BCUT2D eigenvalue weighted by molar-refractivity contribution is 0.0942. The van der Waals surface area contributed by atoms with E-state index in [-0.39, 0.29) is 11.9 Å². The highest BCUT2D eigenvalue weighted by molar-refractivity contribution is 7.20. The molecule has 1 N–H and O–H groups in total. The maximum Gasteiger partial charge on any atom is 0.261 e. The van der Waals surface area contributed by atoms with E-state index in [9.17, 15) is 4.79 Å². The molecule has 6 heteroatoms. The van der Waals surface area contributed by atoms with Gasteiger partial charge in [0.1, 0.15) is 4.83 Å². The Morgan fingerprint density at radius 1 is 1.17 bits per heavy atom. The van der Waals surface area contributed by atoms with Crippen LogP contribution in [0.4, 0.5) is 0 Å². The van der Waals surface area contributed by atoms with Crippen LogP contribution in [-0.4, -0.2) is 39.7 Å². The summed E-state index contributed by atoms with van der Waals surface area (Å²) in [6.45, 7) is 4.96. The van der Waals surface area contributed by atoms with Crippen LogP contribution in [0.15, 0.2) is 36.4 Å². The molecule has 2 aliphatic rings. The number of fused-ring (bicyclic) bond motifs is 1. The maximum atomic E-state index is 13.0. The second-order valence-electron chi connectivity index (χ2n) is 8.83. The molecule has 0 bridgehead atoms. The zero-order valence-corrected chi connectivity index (χ0v) is 18.5. The van der Waals surface area contributed by atoms with Gasteiger partial charge < -0.3 is 5.32 Å². The summed E-state index contributed by atoms with van der Waals surface area (Å²) in [5, 5.41) is 9.24. The lowest BCUT2D eigenvalue weighted by Crippen LogP contribution is -2.36. The molecule has 0 radical (unpaired) electrons. The number of aryl methyl sites for hydroxylation is 1. The minimum absolute atomic E-state index is 0.0670. The average molecular weight is 423 g/mol. The van der Waals surface area contributed by atoms with Crippen molar-refractivity contribution in [3.05, 3.63) is 52.5 Å². The Bertz CT molecular complexity index is 1020. The summed E-state index contributed by atoms with van der Waals surface area (Å²) < 4.78 is 2.21. The third kappa shape index (κ3) is 4.03. The Morgan fingerprint density at radius 2 is 1.97 bits per heavy atom. The highest BCUT2D eigenvalue weighted by atomic mass is 32.1. The number of carbonyl (C=O) groups excluding carboxylic acids is 1. The van der Waals surface area contributed by atoms with E-state index >= 15 is 0 Å². The number of hydrogen-bond acceptors (Lipinski definition) is 4. The number of aromatic nitrogens is 2. The Hall–Kier alpha value is -2.18. The van der Waals surface area contributed by atoms with Gasteiger partial charge in [0, 0.05) is 31.1 Å². The van der Waals surface area contributed by atoms with Crippen molar-refractivity contribution in [3.8, 4) is 0 Å². The first-order valence-electron chi connectivity index (χ1n) is 11.2. The van der Waals surface area contributed by atoms with Crippen LogP contribution in [0.2, 0.25) is 0 Å². The first-order chi connectivity index (χ1) is 14.7. The minimum atomic E-state index is 0.0670. The van der Waals surface area contributed by atoms with Crippen LogP contribution in [0.25, 0.3) is 10.2 Å². The van der Waals surface area contributed by atoms with Gasteiger partial charge in [0.05, 0.1) is 16.6 Å². The molecule has 2 aromatic heterocycles. The number of rotatable bonds is 5. The summed E-state index contributed by atoms with van der Waals surface area (Å²) in [6.07, 6.45) is 7.32. The van der Waals surface area contributed by atoms with Gasteiger partial charge in [-0.05, 0) is 37.8 Å². The number of nitrogens with zero attached hydrogens (tertiary/aromatic N) is 3. The van der Waals surface area contributed by atoms with Crippen LogP contribution in [0, 0.1) is 6.92 Å². The summed E-state index contributed by atoms with van der Waals surface area (Å²) in [6, 6.07) is 13.3. The molecule has 3 aromatic rings. The maximum absolute atomic E-state index is 13.0. The lowest BCUT2D eigenvalue weighted by atomic mass is 9.96. The van der Waals surface area contributed by atoms with E-state index in [0.29, 0.717) is 6.04 Å². The Morgan fingerprint density at radius 3 is 2.77 bits per heavy atom. The molecule has 1 saturated heterocycles. The van der Waals surface area contributed by atoms with E-state index in [1.54, 1.807) is 11.3 Å².